The third-order valence-corrected chi connectivity index (χ3v) is 6.23. The fourth-order valence-corrected chi connectivity index (χ4v) is 4.52. The molecule has 1 aliphatic carbocycles. The van der Waals surface area contributed by atoms with E-state index >= 15 is 0 Å². The molecule has 2 N–H and O–H groups in total. The summed E-state index contributed by atoms with van der Waals surface area (Å²) >= 11 is 0. The Labute approximate surface area is 163 Å². The monoisotopic (exact) mass is 374 g/mol. The summed E-state index contributed by atoms with van der Waals surface area (Å²) in [4.78, 5) is 15.3. The van der Waals surface area contributed by atoms with Crippen molar-refractivity contribution in [3.8, 4) is 5.75 Å². The topological polar surface area (TPSA) is 64.8 Å². The Kier molecular flexibility index (Phi) is 7.13. The van der Waals surface area contributed by atoms with E-state index in [9.17, 15) is 4.79 Å². The van der Waals surface area contributed by atoms with Crippen molar-refractivity contribution in [2.75, 3.05) is 26.8 Å². The summed E-state index contributed by atoms with van der Waals surface area (Å²) in [6.07, 6.45) is 8.55. The van der Waals surface area contributed by atoms with E-state index in [-0.39, 0.29) is 17.4 Å². The van der Waals surface area contributed by atoms with Crippen LogP contribution in [0, 0.1) is 5.41 Å². The summed E-state index contributed by atoms with van der Waals surface area (Å²) < 4.78 is 11.3. The lowest BCUT2D eigenvalue weighted by Crippen LogP contribution is -2.42. The molecule has 2 fully saturated rings. The number of ether oxygens (including phenoxy) is 2. The van der Waals surface area contributed by atoms with E-state index in [2.05, 4.69) is 0 Å². The molecular weight excluding hydrogens is 340 g/mol. The number of hydrogen-bond acceptors (Lipinski definition) is 4. The Balaban J connectivity index is 1.74. The van der Waals surface area contributed by atoms with Gasteiger partial charge in [0.15, 0.2) is 0 Å². The molecule has 5 nitrogen and oxygen atoms in total. The van der Waals surface area contributed by atoms with Crippen LogP contribution in [0.15, 0.2) is 24.3 Å². The molecule has 150 valence electrons. The highest BCUT2D eigenvalue weighted by Gasteiger charge is 2.35. The van der Waals surface area contributed by atoms with Crippen molar-refractivity contribution in [2.45, 2.75) is 64.0 Å². The van der Waals surface area contributed by atoms with Gasteiger partial charge in [0.2, 0.25) is 5.91 Å². The number of amides is 1. The molecule has 1 saturated heterocycles. The van der Waals surface area contributed by atoms with E-state index in [1.807, 2.05) is 29.2 Å². The summed E-state index contributed by atoms with van der Waals surface area (Å²) in [5, 5.41) is 0. The van der Waals surface area contributed by atoms with Gasteiger partial charge in [-0.15, -0.1) is 0 Å². The zero-order valence-electron chi connectivity index (χ0n) is 16.6. The zero-order valence-corrected chi connectivity index (χ0v) is 16.6. The van der Waals surface area contributed by atoms with Gasteiger partial charge in [0, 0.05) is 31.7 Å². The van der Waals surface area contributed by atoms with E-state index in [0.29, 0.717) is 26.1 Å². The average molecular weight is 375 g/mol. The van der Waals surface area contributed by atoms with Crippen LogP contribution >= 0.6 is 0 Å². The van der Waals surface area contributed by atoms with Gasteiger partial charge in [-0.3, -0.25) is 4.79 Å². The van der Waals surface area contributed by atoms with E-state index in [1.165, 1.54) is 19.3 Å². The summed E-state index contributed by atoms with van der Waals surface area (Å²) in [6, 6.07) is 7.94. The lowest BCUT2D eigenvalue weighted by molar-refractivity contribution is -0.136. The van der Waals surface area contributed by atoms with Gasteiger partial charge in [-0.05, 0) is 43.7 Å². The molecule has 1 heterocycles. The molecule has 2 aliphatic rings. The second-order valence-electron chi connectivity index (χ2n) is 8.16. The van der Waals surface area contributed by atoms with Gasteiger partial charge >= 0.3 is 0 Å². The van der Waals surface area contributed by atoms with Crippen LogP contribution in [-0.4, -0.2) is 43.7 Å². The number of benzene rings is 1. The lowest BCUT2D eigenvalue weighted by Gasteiger charge is -2.37. The number of rotatable bonds is 8. The Morgan fingerprint density at radius 1 is 1.26 bits per heavy atom. The van der Waals surface area contributed by atoms with Gasteiger partial charge in [-0.2, -0.15) is 0 Å². The van der Waals surface area contributed by atoms with Gasteiger partial charge < -0.3 is 20.1 Å². The number of carbonyl (C=O) groups is 1. The van der Waals surface area contributed by atoms with E-state index < -0.39 is 0 Å². The van der Waals surface area contributed by atoms with Crippen LogP contribution < -0.4 is 10.5 Å². The minimum absolute atomic E-state index is 0.0229. The maximum absolute atomic E-state index is 13.3. The Bertz CT molecular complexity index is 607. The van der Waals surface area contributed by atoms with Gasteiger partial charge in [0.1, 0.15) is 5.75 Å². The third kappa shape index (κ3) is 5.23. The van der Waals surface area contributed by atoms with Gasteiger partial charge in [-0.1, -0.05) is 37.5 Å². The number of nitrogens with two attached hydrogens (primary N) is 1. The fraction of sp³-hybridized carbons (Fsp3) is 0.682. The molecule has 0 aromatic heterocycles. The largest absolute Gasteiger partial charge is 0.496 e. The highest BCUT2D eigenvalue weighted by molar-refractivity contribution is 5.77. The molecule has 1 unspecified atom stereocenters. The van der Waals surface area contributed by atoms with Crippen LogP contribution in [0.25, 0.3) is 0 Å². The smallest absolute Gasteiger partial charge is 0.223 e. The Morgan fingerprint density at radius 2 is 2.04 bits per heavy atom. The van der Waals surface area contributed by atoms with Gasteiger partial charge in [0.05, 0.1) is 13.2 Å². The standard InChI is InChI=1S/C22H34N2O3/c1-26-20-10-4-3-8-18(20)15-24(16-19-9-7-13-27-19)21(25)14-22(17-23)11-5-2-6-12-22/h3-4,8,10,19H,2,5-7,9,11-17,23H2,1H3. The van der Waals surface area contributed by atoms with Crippen molar-refractivity contribution in [2.24, 2.45) is 11.1 Å². The molecule has 1 aliphatic heterocycles. The molecule has 3 rings (SSSR count). The number of nitrogens with zero attached hydrogens (tertiary/aromatic N) is 1. The number of hydrogen-bond donors (Lipinski definition) is 1. The molecule has 1 saturated carbocycles. The van der Waals surface area contributed by atoms with Crippen molar-refractivity contribution in [3.05, 3.63) is 29.8 Å². The predicted octanol–water partition coefficient (Wildman–Crippen LogP) is 3.50. The zero-order chi connectivity index (χ0) is 19.1. The molecular formula is C22H34N2O3. The molecule has 27 heavy (non-hydrogen) atoms. The SMILES string of the molecule is COc1ccccc1CN(CC1CCCO1)C(=O)CC1(CN)CCCCC1. The number of carbonyl (C=O) groups excluding carboxylic acids is 1. The van der Waals surface area contributed by atoms with Crippen molar-refractivity contribution in [3.63, 3.8) is 0 Å². The van der Waals surface area contributed by atoms with Crippen LogP contribution in [0.1, 0.15) is 56.9 Å². The first-order chi connectivity index (χ1) is 13.2. The summed E-state index contributed by atoms with van der Waals surface area (Å²) in [6.45, 7) is 2.61. The third-order valence-electron chi connectivity index (χ3n) is 6.23. The Hall–Kier alpha value is -1.59. The second kappa shape index (κ2) is 9.56. The lowest BCUT2D eigenvalue weighted by atomic mass is 9.71. The van der Waals surface area contributed by atoms with Crippen LogP contribution in [0.4, 0.5) is 0 Å². The van der Waals surface area contributed by atoms with Crippen LogP contribution in [-0.2, 0) is 16.1 Å². The molecule has 1 amide bonds. The summed E-state index contributed by atoms with van der Waals surface area (Å²) in [5.74, 6) is 1.03. The second-order valence-corrected chi connectivity index (χ2v) is 8.16. The summed E-state index contributed by atoms with van der Waals surface area (Å²) in [5.41, 5.74) is 7.15. The van der Waals surface area contributed by atoms with Crippen molar-refractivity contribution < 1.29 is 14.3 Å². The molecule has 0 spiro atoms. The highest BCUT2D eigenvalue weighted by atomic mass is 16.5. The van der Waals surface area contributed by atoms with Crippen LogP contribution in [0.5, 0.6) is 5.75 Å². The highest BCUT2D eigenvalue weighted by Crippen LogP contribution is 2.39. The molecule has 0 bridgehead atoms. The number of para-hydroxylation sites is 1. The first kappa shape index (κ1) is 20.2. The minimum atomic E-state index is -0.0229. The van der Waals surface area contributed by atoms with E-state index in [1.54, 1.807) is 7.11 Å². The molecule has 0 radical (unpaired) electrons. The summed E-state index contributed by atoms with van der Waals surface area (Å²) in [7, 11) is 1.68. The normalized spacial score (nSPS) is 21.8. The van der Waals surface area contributed by atoms with Gasteiger partial charge in [-0.25, -0.2) is 0 Å². The van der Waals surface area contributed by atoms with E-state index in [0.717, 1.165) is 43.6 Å². The maximum atomic E-state index is 13.3. The fourth-order valence-electron chi connectivity index (χ4n) is 4.52. The van der Waals surface area contributed by atoms with Crippen molar-refractivity contribution >= 4 is 5.91 Å². The van der Waals surface area contributed by atoms with Crippen LogP contribution in [0.2, 0.25) is 0 Å². The molecule has 1 atom stereocenters. The quantitative estimate of drug-likeness (QED) is 0.756. The van der Waals surface area contributed by atoms with Crippen LogP contribution in [0.3, 0.4) is 0 Å². The predicted molar refractivity (Wildman–Crippen MR) is 107 cm³/mol. The minimum Gasteiger partial charge on any atom is -0.496 e. The van der Waals surface area contributed by atoms with Crippen molar-refractivity contribution in [1.82, 2.24) is 4.90 Å². The average Bonchev–Trinajstić information content (AvgIpc) is 3.21. The van der Waals surface area contributed by atoms with E-state index in [4.69, 9.17) is 15.2 Å². The molecule has 1 aromatic carbocycles. The molecule has 5 heteroatoms. The van der Waals surface area contributed by atoms with Crippen molar-refractivity contribution in [1.29, 1.82) is 0 Å². The van der Waals surface area contributed by atoms with Gasteiger partial charge in [0.25, 0.3) is 0 Å². The first-order valence-electron chi connectivity index (χ1n) is 10.4. The number of methoxy groups -OCH3 is 1. The molecule has 1 aromatic rings. The Morgan fingerprint density at radius 3 is 2.70 bits per heavy atom. The first-order valence-corrected chi connectivity index (χ1v) is 10.4. The maximum Gasteiger partial charge on any atom is 0.223 e.